The van der Waals surface area contributed by atoms with Gasteiger partial charge in [0.2, 0.25) is 0 Å². The number of urea groups is 1. The summed E-state index contributed by atoms with van der Waals surface area (Å²) >= 11 is 0. The van der Waals surface area contributed by atoms with Gasteiger partial charge in [0.15, 0.2) is 0 Å². The molecule has 1 unspecified atom stereocenters. The molecule has 0 radical (unpaired) electrons. The second-order valence-corrected chi connectivity index (χ2v) is 3.67. The number of methoxy groups -OCH3 is 1. The Morgan fingerprint density at radius 2 is 2.11 bits per heavy atom. The van der Waals surface area contributed by atoms with Gasteiger partial charge in [-0.05, 0) is 17.7 Å². The van der Waals surface area contributed by atoms with E-state index < -0.39 is 6.10 Å². The van der Waals surface area contributed by atoms with Gasteiger partial charge < -0.3 is 20.5 Å². The minimum absolute atomic E-state index is 0.148. The predicted molar refractivity (Wildman–Crippen MR) is 69.6 cm³/mol. The Bertz CT molecular complexity index is 390. The number of ether oxygens (including phenoxy) is 1. The normalized spacial score (nSPS) is 11.4. The number of carbonyl (C=O) groups is 1. The summed E-state index contributed by atoms with van der Waals surface area (Å²) < 4.78 is 5.02. The number of hydrogen-bond donors (Lipinski definition) is 3. The molecule has 0 spiro atoms. The van der Waals surface area contributed by atoms with E-state index in [2.05, 4.69) is 17.2 Å². The topological polar surface area (TPSA) is 70.6 Å². The van der Waals surface area contributed by atoms with E-state index >= 15 is 0 Å². The molecule has 0 fully saturated rings. The summed E-state index contributed by atoms with van der Waals surface area (Å²) in [5.74, 6) is 0.725. The average molecular weight is 250 g/mol. The van der Waals surface area contributed by atoms with Gasteiger partial charge in [-0.1, -0.05) is 18.2 Å². The van der Waals surface area contributed by atoms with Gasteiger partial charge >= 0.3 is 6.03 Å². The molecule has 5 nitrogen and oxygen atoms in total. The molecule has 1 aromatic rings. The Morgan fingerprint density at radius 3 is 2.67 bits per heavy atom. The Balaban J connectivity index is 2.41. The van der Waals surface area contributed by atoms with Crippen LogP contribution in [0.25, 0.3) is 0 Å². The standard InChI is InChI=1S/C13H18N2O3/c1-3-8-14-13(17)15-9-12(16)10-4-6-11(18-2)7-5-10/h3-7,12,16H,1,8-9H2,2H3,(H2,14,15,17). The molecule has 5 heteroatoms. The number of benzene rings is 1. The monoisotopic (exact) mass is 250 g/mol. The van der Waals surface area contributed by atoms with Crippen molar-refractivity contribution in [2.45, 2.75) is 6.10 Å². The molecule has 0 aliphatic carbocycles. The van der Waals surface area contributed by atoms with E-state index in [1.165, 1.54) is 0 Å². The van der Waals surface area contributed by atoms with E-state index in [1.807, 2.05) is 0 Å². The van der Waals surface area contributed by atoms with E-state index in [-0.39, 0.29) is 12.6 Å². The highest BCUT2D eigenvalue weighted by atomic mass is 16.5. The lowest BCUT2D eigenvalue weighted by molar-refractivity contribution is 0.173. The first-order chi connectivity index (χ1) is 8.67. The molecule has 2 amide bonds. The maximum absolute atomic E-state index is 11.2. The number of aliphatic hydroxyl groups is 1. The van der Waals surface area contributed by atoms with Crippen LogP contribution in [-0.4, -0.2) is 31.3 Å². The minimum atomic E-state index is -0.745. The van der Waals surface area contributed by atoms with Crippen molar-refractivity contribution in [1.29, 1.82) is 0 Å². The molecule has 1 rings (SSSR count). The van der Waals surface area contributed by atoms with E-state index in [1.54, 1.807) is 37.5 Å². The molecule has 0 aliphatic heterocycles. The summed E-state index contributed by atoms with van der Waals surface area (Å²) in [6, 6.07) is 6.70. The number of hydrogen-bond acceptors (Lipinski definition) is 3. The number of carbonyl (C=O) groups excluding carboxylic acids is 1. The molecule has 18 heavy (non-hydrogen) atoms. The van der Waals surface area contributed by atoms with Crippen molar-refractivity contribution in [2.24, 2.45) is 0 Å². The zero-order valence-electron chi connectivity index (χ0n) is 10.3. The molecule has 0 aliphatic rings. The molecular weight excluding hydrogens is 232 g/mol. The summed E-state index contributed by atoms with van der Waals surface area (Å²) in [5, 5.41) is 15.0. The van der Waals surface area contributed by atoms with E-state index in [0.717, 1.165) is 11.3 Å². The lowest BCUT2D eigenvalue weighted by Gasteiger charge is -2.13. The summed E-state index contributed by atoms with van der Waals surface area (Å²) in [6.07, 6.45) is 0.838. The Hall–Kier alpha value is -2.01. The highest BCUT2D eigenvalue weighted by Gasteiger charge is 2.08. The van der Waals surface area contributed by atoms with Gasteiger partial charge in [-0.3, -0.25) is 0 Å². The van der Waals surface area contributed by atoms with Gasteiger partial charge in [0.05, 0.1) is 13.2 Å². The molecule has 0 bridgehead atoms. The lowest BCUT2D eigenvalue weighted by Crippen LogP contribution is -2.37. The van der Waals surface area contributed by atoms with E-state index in [9.17, 15) is 9.90 Å². The van der Waals surface area contributed by atoms with Gasteiger partial charge in [-0.2, -0.15) is 0 Å². The van der Waals surface area contributed by atoms with Gasteiger partial charge in [-0.15, -0.1) is 6.58 Å². The third-order valence-electron chi connectivity index (χ3n) is 2.36. The zero-order valence-corrected chi connectivity index (χ0v) is 10.3. The number of aliphatic hydroxyl groups excluding tert-OH is 1. The minimum Gasteiger partial charge on any atom is -0.497 e. The highest BCUT2D eigenvalue weighted by Crippen LogP contribution is 2.16. The second kappa shape index (κ2) is 7.34. The Kier molecular flexibility index (Phi) is 5.73. The fraction of sp³-hybridized carbons (Fsp3) is 0.308. The van der Waals surface area contributed by atoms with Crippen LogP contribution in [0.2, 0.25) is 0 Å². The Morgan fingerprint density at radius 1 is 1.44 bits per heavy atom. The van der Waals surface area contributed by atoms with Crippen molar-refractivity contribution in [3.63, 3.8) is 0 Å². The van der Waals surface area contributed by atoms with Crippen LogP contribution in [0.5, 0.6) is 5.75 Å². The lowest BCUT2D eigenvalue weighted by atomic mass is 10.1. The van der Waals surface area contributed by atoms with Crippen LogP contribution < -0.4 is 15.4 Å². The number of amides is 2. The van der Waals surface area contributed by atoms with Crippen LogP contribution in [0.1, 0.15) is 11.7 Å². The van der Waals surface area contributed by atoms with E-state index in [0.29, 0.717) is 6.54 Å². The molecule has 0 aromatic heterocycles. The molecule has 1 aromatic carbocycles. The fourth-order valence-electron chi connectivity index (χ4n) is 1.36. The van der Waals surface area contributed by atoms with Crippen LogP contribution in [0, 0.1) is 0 Å². The van der Waals surface area contributed by atoms with Gasteiger partial charge in [0, 0.05) is 13.1 Å². The van der Waals surface area contributed by atoms with Gasteiger partial charge in [-0.25, -0.2) is 4.79 Å². The Labute approximate surface area is 106 Å². The molecule has 3 N–H and O–H groups in total. The molecule has 0 heterocycles. The van der Waals surface area contributed by atoms with Crippen LogP contribution in [0.3, 0.4) is 0 Å². The maximum atomic E-state index is 11.2. The first-order valence-corrected chi connectivity index (χ1v) is 5.62. The maximum Gasteiger partial charge on any atom is 0.315 e. The van der Waals surface area contributed by atoms with Crippen LogP contribution >= 0.6 is 0 Å². The smallest absolute Gasteiger partial charge is 0.315 e. The van der Waals surface area contributed by atoms with Crippen molar-refractivity contribution in [2.75, 3.05) is 20.2 Å². The van der Waals surface area contributed by atoms with Crippen molar-refractivity contribution in [3.8, 4) is 5.75 Å². The third-order valence-corrected chi connectivity index (χ3v) is 2.36. The first kappa shape index (κ1) is 14.1. The molecular formula is C13H18N2O3. The molecule has 0 saturated carbocycles. The first-order valence-electron chi connectivity index (χ1n) is 5.62. The second-order valence-electron chi connectivity index (χ2n) is 3.67. The van der Waals surface area contributed by atoms with Crippen LogP contribution in [0.15, 0.2) is 36.9 Å². The quantitative estimate of drug-likeness (QED) is 0.665. The summed E-state index contributed by atoms with van der Waals surface area (Å²) in [6.45, 7) is 4.03. The largest absolute Gasteiger partial charge is 0.497 e. The summed E-state index contributed by atoms with van der Waals surface area (Å²) in [4.78, 5) is 11.2. The third kappa shape index (κ3) is 4.47. The van der Waals surface area contributed by atoms with Crippen LogP contribution in [0.4, 0.5) is 4.79 Å². The van der Waals surface area contributed by atoms with Crippen molar-refractivity contribution < 1.29 is 14.6 Å². The summed E-state index contributed by atoms with van der Waals surface area (Å²) in [5.41, 5.74) is 0.722. The molecule has 1 atom stereocenters. The van der Waals surface area contributed by atoms with Crippen molar-refractivity contribution >= 4 is 6.03 Å². The molecule has 98 valence electrons. The van der Waals surface area contributed by atoms with Gasteiger partial charge in [0.25, 0.3) is 0 Å². The summed E-state index contributed by atoms with van der Waals surface area (Å²) in [7, 11) is 1.58. The van der Waals surface area contributed by atoms with Crippen LogP contribution in [-0.2, 0) is 0 Å². The fourth-order valence-corrected chi connectivity index (χ4v) is 1.36. The molecule has 0 saturated heterocycles. The SMILES string of the molecule is C=CCNC(=O)NCC(O)c1ccc(OC)cc1. The zero-order chi connectivity index (χ0) is 13.4. The highest BCUT2D eigenvalue weighted by molar-refractivity contribution is 5.73. The predicted octanol–water partition coefficient (Wildman–Crippen LogP) is 1.21. The van der Waals surface area contributed by atoms with Crippen molar-refractivity contribution in [3.05, 3.63) is 42.5 Å². The number of rotatable bonds is 6. The average Bonchev–Trinajstić information content (AvgIpc) is 2.42. The number of nitrogens with one attached hydrogen (secondary N) is 2. The van der Waals surface area contributed by atoms with Crippen molar-refractivity contribution in [1.82, 2.24) is 10.6 Å². The van der Waals surface area contributed by atoms with E-state index in [4.69, 9.17) is 4.74 Å². The van der Waals surface area contributed by atoms with Gasteiger partial charge in [0.1, 0.15) is 5.75 Å².